The summed E-state index contributed by atoms with van der Waals surface area (Å²) >= 11 is 11.8. The second-order valence-corrected chi connectivity index (χ2v) is 4.87. The van der Waals surface area contributed by atoms with Gasteiger partial charge in [0.25, 0.3) is 0 Å². The normalized spacial score (nSPS) is 10.3. The summed E-state index contributed by atoms with van der Waals surface area (Å²) in [5.74, 6) is 2.15. The van der Waals surface area contributed by atoms with Crippen LogP contribution in [0.4, 0.5) is 0 Å². The van der Waals surface area contributed by atoms with E-state index >= 15 is 0 Å². The molecule has 0 saturated heterocycles. The van der Waals surface area contributed by atoms with Crippen molar-refractivity contribution in [2.75, 3.05) is 14.2 Å². The minimum atomic E-state index is 0.242. The van der Waals surface area contributed by atoms with E-state index in [1.807, 2.05) is 0 Å². The Balaban J connectivity index is 2.20. The average Bonchev–Trinajstić information content (AvgIpc) is 2.52. The molecule has 0 radical (unpaired) electrons. The summed E-state index contributed by atoms with van der Waals surface area (Å²) in [7, 11) is 3.14. The first kappa shape index (κ1) is 15.7. The van der Waals surface area contributed by atoms with Gasteiger partial charge in [-0.25, -0.2) is 0 Å². The van der Waals surface area contributed by atoms with E-state index in [0.29, 0.717) is 33.8 Å². The Kier molecular flexibility index (Phi) is 5.53. The first-order valence-corrected chi connectivity index (χ1v) is 7.14. The van der Waals surface area contributed by atoms with Gasteiger partial charge in [0.1, 0.15) is 18.1 Å². The van der Waals surface area contributed by atoms with Gasteiger partial charge in [0.15, 0.2) is 11.5 Å². The van der Waals surface area contributed by atoms with Gasteiger partial charge >= 0.3 is 0 Å². The van der Waals surface area contributed by atoms with Crippen molar-refractivity contribution in [2.45, 2.75) is 12.5 Å². The topological polar surface area (TPSA) is 40.6 Å². The third-order valence-electron chi connectivity index (χ3n) is 2.90. The number of pyridine rings is 1. The maximum Gasteiger partial charge on any atom is 0.185 e. The largest absolute Gasteiger partial charge is 0.493 e. The first-order valence-electron chi connectivity index (χ1n) is 6.22. The molecule has 112 valence electrons. The van der Waals surface area contributed by atoms with Gasteiger partial charge in [0, 0.05) is 22.8 Å². The van der Waals surface area contributed by atoms with Gasteiger partial charge in [-0.15, -0.1) is 11.6 Å². The molecule has 2 rings (SSSR count). The Morgan fingerprint density at radius 2 is 1.90 bits per heavy atom. The summed E-state index contributed by atoms with van der Waals surface area (Å²) in [6, 6.07) is 7.05. The maximum atomic E-state index is 5.94. The fraction of sp³-hybridized carbons (Fsp3) is 0.267. The lowest BCUT2D eigenvalue weighted by molar-refractivity contribution is 0.283. The summed E-state index contributed by atoms with van der Waals surface area (Å²) in [4.78, 5) is 4.26. The number of alkyl halides is 1. The van der Waals surface area contributed by atoms with E-state index < -0.39 is 0 Å². The number of rotatable bonds is 6. The zero-order valence-corrected chi connectivity index (χ0v) is 13.2. The molecular formula is C15H15Cl2NO3. The summed E-state index contributed by atoms with van der Waals surface area (Å²) in [6.07, 6.45) is 1.64. The number of hydrogen-bond acceptors (Lipinski definition) is 4. The van der Waals surface area contributed by atoms with Crippen molar-refractivity contribution in [1.29, 1.82) is 0 Å². The molecule has 0 N–H and O–H groups in total. The van der Waals surface area contributed by atoms with E-state index in [-0.39, 0.29) is 6.61 Å². The van der Waals surface area contributed by atoms with Crippen molar-refractivity contribution < 1.29 is 14.2 Å². The number of ether oxygens (including phenoxy) is 3. The number of methoxy groups -OCH3 is 2. The number of aromatic nitrogens is 1. The molecule has 0 fully saturated rings. The zero-order valence-electron chi connectivity index (χ0n) is 11.7. The van der Waals surface area contributed by atoms with Crippen LogP contribution in [0.2, 0.25) is 5.02 Å². The Labute approximate surface area is 133 Å². The fourth-order valence-corrected chi connectivity index (χ4v) is 2.30. The molecule has 0 saturated carbocycles. The number of nitrogens with zero attached hydrogens (tertiary/aromatic N) is 1. The molecule has 0 amide bonds. The van der Waals surface area contributed by atoms with Crippen LogP contribution in [0.15, 0.2) is 30.5 Å². The summed E-state index contributed by atoms with van der Waals surface area (Å²) in [5.41, 5.74) is 1.47. The van der Waals surface area contributed by atoms with Crippen LogP contribution in [-0.4, -0.2) is 19.2 Å². The van der Waals surface area contributed by atoms with Crippen LogP contribution in [0.25, 0.3) is 0 Å². The van der Waals surface area contributed by atoms with Crippen molar-refractivity contribution in [3.8, 4) is 17.2 Å². The van der Waals surface area contributed by atoms with Crippen LogP contribution in [0, 0.1) is 0 Å². The SMILES string of the molecule is COc1ccnc(COc2ccc(Cl)cc2CCl)c1OC. The van der Waals surface area contributed by atoms with Crippen LogP contribution in [-0.2, 0) is 12.5 Å². The second-order valence-electron chi connectivity index (χ2n) is 4.17. The van der Waals surface area contributed by atoms with E-state index in [9.17, 15) is 0 Å². The first-order chi connectivity index (χ1) is 10.2. The summed E-state index contributed by atoms with van der Waals surface area (Å²) in [6.45, 7) is 0.242. The third-order valence-corrected chi connectivity index (χ3v) is 3.42. The molecular weight excluding hydrogens is 313 g/mol. The quantitative estimate of drug-likeness (QED) is 0.750. The Morgan fingerprint density at radius 3 is 2.57 bits per heavy atom. The van der Waals surface area contributed by atoms with Crippen LogP contribution in [0.1, 0.15) is 11.3 Å². The highest BCUT2D eigenvalue weighted by molar-refractivity contribution is 6.30. The molecule has 0 spiro atoms. The number of halogens is 2. The highest BCUT2D eigenvalue weighted by Crippen LogP contribution is 2.31. The molecule has 2 aromatic rings. The van der Waals surface area contributed by atoms with E-state index in [4.69, 9.17) is 37.4 Å². The van der Waals surface area contributed by atoms with Crippen molar-refractivity contribution in [3.05, 3.63) is 46.7 Å². The van der Waals surface area contributed by atoms with Gasteiger partial charge in [-0.2, -0.15) is 0 Å². The van der Waals surface area contributed by atoms with Gasteiger partial charge in [-0.05, 0) is 18.2 Å². The Bertz CT molecular complexity index is 620. The van der Waals surface area contributed by atoms with E-state index in [1.165, 1.54) is 0 Å². The van der Waals surface area contributed by atoms with Gasteiger partial charge in [0.2, 0.25) is 0 Å². The van der Waals surface area contributed by atoms with Crippen molar-refractivity contribution >= 4 is 23.2 Å². The molecule has 6 heteroatoms. The molecule has 0 aliphatic heterocycles. The minimum Gasteiger partial charge on any atom is -0.493 e. The Hall–Kier alpha value is -1.65. The highest BCUT2D eigenvalue weighted by atomic mass is 35.5. The van der Waals surface area contributed by atoms with Crippen molar-refractivity contribution in [1.82, 2.24) is 4.98 Å². The average molecular weight is 328 g/mol. The second kappa shape index (κ2) is 7.38. The van der Waals surface area contributed by atoms with Crippen molar-refractivity contribution in [2.24, 2.45) is 0 Å². The van der Waals surface area contributed by atoms with Gasteiger partial charge in [0.05, 0.1) is 20.1 Å². The molecule has 0 bridgehead atoms. The summed E-state index contributed by atoms with van der Waals surface area (Å²) in [5, 5.41) is 0.620. The summed E-state index contributed by atoms with van der Waals surface area (Å²) < 4.78 is 16.3. The highest BCUT2D eigenvalue weighted by Gasteiger charge is 2.12. The van der Waals surface area contributed by atoms with Crippen molar-refractivity contribution in [3.63, 3.8) is 0 Å². The molecule has 4 nitrogen and oxygen atoms in total. The van der Waals surface area contributed by atoms with Crippen LogP contribution in [0.3, 0.4) is 0 Å². The van der Waals surface area contributed by atoms with Crippen LogP contribution in [0.5, 0.6) is 17.2 Å². The van der Waals surface area contributed by atoms with E-state index in [2.05, 4.69) is 4.98 Å². The standard InChI is InChI=1S/C15H15Cl2NO3/c1-19-14-5-6-18-12(15(14)20-2)9-21-13-4-3-11(17)7-10(13)8-16/h3-7H,8-9H2,1-2H3. The third kappa shape index (κ3) is 3.71. The lowest BCUT2D eigenvalue weighted by Crippen LogP contribution is -2.04. The molecule has 1 aromatic heterocycles. The van der Waals surface area contributed by atoms with E-state index in [1.54, 1.807) is 44.7 Å². The lowest BCUT2D eigenvalue weighted by Gasteiger charge is -2.14. The number of hydrogen-bond donors (Lipinski definition) is 0. The molecule has 1 aromatic carbocycles. The van der Waals surface area contributed by atoms with Gasteiger partial charge in [-0.1, -0.05) is 11.6 Å². The lowest BCUT2D eigenvalue weighted by atomic mass is 10.2. The van der Waals surface area contributed by atoms with Crippen LogP contribution >= 0.6 is 23.2 Å². The molecule has 1 heterocycles. The molecule has 21 heavy (non-hydrogen) atoms. The molecule has 0 aliphatic carbocycles. The fourth-order valence-electron chi connectivity index (χ4n) is 1.89. The predicted molar refractivity (Wildman–Crippen MR) is 82.7 cm³/mol. The van der Waals surface area contributed by atoms with Gasteiger partial charge in [-0.3, -0.25) is 4.98 Å². The predicted octanol–water partition coefficient (Wildman–Crippen LogP) is 4.07. The maximum absolute atomic E-state index is 5.94. The van der Waals surface area contributed by atoms with Gasteiger partial charge < -0.3 is 14.2 Å². The smallest absolute Gasteiger partial charge is 0.185 e. The molecule has 0 atom stereocenters. The minimum absolute atomic E-state index is 0.242. The zero-order chi connectivity index (χ0) is 15.2. The van der Waals surface area contributed by atoms with Crippen LogP contribution < -0.4 is 14.2 Å². The van der Waals surface area contributed by atoms with E-state index in [0.717, 1.165) is 5.56 Å². The monoisotopic (exact) mass is 327 g/mol. The number of benzene rings is 1. The molecule has 0 aliphatic rings. The Morgan fingerprint density at radius 1 is 1.10 bits per heavy atom. The molecule has 0 unspecified atom stereocenters.